The predicted molar refractivity (Wildman–Crippen MR) is 106 cm³/mol. The fourth-order valence-electron chi connectivity index (χ4n) is 0.963. The minimum absolute atomic E-state index is 0. The maximum absolute atomic E-state index is 10.2. The van der Waals surface area contributed by atoms with Gasteiger partial charge in [0.15, 0.2) is 0 Å². The summed E-state index contributed by atoms with van der Waals surface area (Å²) in [6.45, 7) is 2.26. The van der Waals surface area contributed by atoms with Crippen molar-refractivity contribution in [3.63, 3.8) is 0 Å². The van der Waals surface area contributed by atoms with Crippen LogP contribution in [0.4, 0.5) is 0 Å². The fraction of sp³-hybridized carbons (Fsp3) is 0.824. The van der Waals surface area contributed by atoms with Crippen LogP contribution in [-0.2, 0) is 28.6 Å². The summed E-state index contributed by atoms with van der Waals surface area (Å²) in [5, 5.41) is 24.8. The van der Waals surface area contributed by atoms with Crippen molar-refractivity contribution in [3.05, 3.63) is 0 Å². The zero-order chi connectivity index (χ0) is 30.5. The quantitative estimate of drug-likeness (QED) is 0.275. The van der Waals surface area contributed by atoms with E-state index in [4.69, 9.17) is 33.6 Å². The van der Waals surface area contributed by atoms with Crippen LogP contribution in [0.25, 0.3) is 0 Å². The van der Waals surface area contributed by atoms with E-state index < -0.39 is 58.5 Å². The zero-order valence-corrected chi connectivity index (χ0v) is 17.0. The molecule has 3 N–H and O–H groups in total. The second-order valence-electron chi connectivity index (χ2n) is 4.08. The van der Waals surface area contributed by atoms with E-state index in [0.29, 0.717) is 0 Å². The van der Waals surface area contributed by atoms with E-state index in [9.17, 15) is 14.4 Å². The molecule has 1 heterocycles. The standard InChI is InChI=1S/C5H8O4.C4H6O2.C4H10O2.C4H10O.BH4.Li/c1-9-5(8)3-2-4(6)7;5-4-2-1-3-6-4;5-3-1-2-4-6;1-3-5-4-2;;/h2-3H2,1H3,(H,6,7);1-3H2;5-6H,1-4H2;3-4H2,1-2H3;1H4;/q;;;;-1;+1/i;1D2;1D2,4D2;;1D4;. The number of hydrogen-bond acceptors (Lipinski definition) is 8. The second kappa shape index (κ2) is 33.5. The molecule has 0 amide bonds. The van der Waals surface area contributed by atoms with Gasteiger partial charge in [0.05, 0.1) is 29.3 Å². The summed E-state index contributed by atoms with van der Waals surface area (Å²) in [5.41, 5.74) is 0. The van der Waals surface area contributed by atoms with Gasteiger partial charge in [-0.3, -0.25) is 14.4 Å². The average Bonchev–Trinajstić information content (AvgIpc) is 3.01. The molecule has 164 valence electrons. The molecule has 0 aromatic carbocycles. The molecule has 1 aliphatic heterocycles. The maximum Gasteiger partial charge on any atom is 1.00 e. The monoisotopic (exact) mass is 414 g/mol. The largest absolute Gasteiger partial charge is 1.00 e. The SMILES string of the molecule is CCOCC.COC(=O)CCC(=O)O.[2H]C([2H])(O)CC([2H])([2H])CO.[2H]C1([2H])COC(=O)C1.[2H][B-]([2H])([2H])[2H].[Li+]. The summed E-state index contributed by atoms with van der Waals surface area (Å²) in [4.78, 5) is 30.2. The topological polar surface area (TPSA) is 140 Å². The summed E-state index contributed by atoms with van der Waals surface area (Å²) < 4.78 is 78.1. The number of ether oxygens (including phenoxy) is 3. The first-order valence-corrected chi connectivity index (χ1v) is 7.80. The van der Waals surface area contributed by atoms with Crippen LogP contribution in [0, 0.1) is 0 Å². The van der Waals surface area contributed by atoms with Gasteiger partial charge in [0.1, 0.15) is 0 Å². The van der Waals surface area contributed by atoms with Gasteiger partial charge in [-0.15, -0.1) is 0 Å². The number of carbonyl (C=O) groups excluding carboxylic acids is 2. The summed E-state index contributed by atoms with van der Waals surface area (Å²) in [5.74, 6) is -1.91. The van der Waals surface area contributed by atoms with Gasteiger partial charge >= 0.3 is 36.8 Å². The summed E-state index contributed by atoms with van der Waals surface area (Å²) in [6.07, 6.45) is -4.46. The Morgan fingerprint density at radius 2 is 1.89 bits per heavy atom. The third-order valence-electron chi connectivity index (χ3n) is 2.10. The number of aliphatic hydroxyl groups excluding tert-OH is 1. The Balaban J connectivity index is -0.000000122. The number of carboxylic acid groups (broad SMARTS) is 1. The molecular weight excluding hydrogens is 366 g/mol. The maximum atomic E-state index is 10.2. The van der Waals surface area contributed by atoms with Gasteiger partial charge in [-0.25, -0.2) is 5.34 Å². The van der Waals surface area contributed by atoms with Crippen molar-refractivity contribution in [2.24, 2.45) is 0 Å². The molecule has 0 aromatic rings. The van der Waals surface area contributed by atoms with E-state index in [1.54, 1.807) is 0 Å². The number of cyclic esters (lactones) is 1. The van der Waals surface area contributed by atoms with Gasteiger partial charge in [0, 0.05) is 38.3 Å². The van der Waals surface area contributed by atoms with Crippen molar-refractivity contribution in [3.8, 4) is 0 Å². The van der Waals surface area contributed by atoms with E-state index in [-0.39, 0.29) is 44.7 Å². The number of aliphatic hydroxyl groups is 2. The third-order valence-corrected chi connectivity index (χ3v) is 2.10. The van der Waals surface area contributed by atoms with Crippen molar-refractivity contribution >= 4 is 26.2 Å². The number of esters is 2. The van der Waals surface area contributed by atoms with E-state index in [1.807, 2.05) is 13.8 Å². The van der Waals surface area contributed by atoms with Crippen LogP contribution in [-0.4, -0.2) is 86.9 Å². The minimum Gasteiger partial charge on any atom is -0.481 e. The Bertz CT molecular complexity index is 628. The van der Waals surface area contributed by atoms with Crippen LogP contribution in [0.2, 0.25) is 0 Å². The van der Waals surface area contributed by atoms with E-state index in [0.717, 1.165) is 13.2 Å². The molecule has 0 aliphatic carbocycles. The second-order valence-corrected chi connectivity index (χ2v) is 4.08. The molecule has 1 saturated heterocycles. The van der Waals surface area contributed by atoms with Crippen molar-refractivity contribution in [1.29, 1.82) is 5.34 Å². The molecule has 1 aliphatic rings. The molecule has 0 saturated carbocycles. The number of methoxy groups -OCH3 is 1. The average molecular weight is 414 g/mol. The molecule has 11 heteroatoms. The van der Waals surface area contributed by atoms with Gasteiger partial charge in [-0.2, -0.15) is 0 Å². The predicted octanol–water partition coefficient (Wildman–Crippen LogP) is -3.31. The molecule has 0 aromatic heterocycles. The summed E-state index contributed by atoms with van der Waals surface area (Å²) >= 11 is 0. The molecule has 0 atom stereocenters. The van der Waals surface area contributed by atoms with E-state index in [2.05, 4.69) is 9.47 Å². The van der Waals surface area contributed by atoms with Gasteiger partial charge in [-0.1, -0.05) is 8.27 Å². The van der Waals surface area contributed by atoms with Crippen LogP contribution in [0.15, 0.2) is 0 Å². The minimum atomic E-state index is -3.00. The molecule has 0 spiro atoms. The van der Waals surface area contributed by atoms with Gasteiger partial charge in [-0.05, 0) is 33.0 Å². The van der Waals surface area contributed by atoms with Crippen LogP contribution in [0.1, 0.15) is 60.5 Å². The molecule has 9 nitrogen and oxygen atoms in total. The Hall–Kier alpha value is -1.05. The first-order chi connectivity index (χ1) is 16.4. The first kappa shape index (κ1) is 17.8. The van der Waals surface area contributed by atoms with Gasteiger partial charge in [0.2, 0.25) is 0 Å². The molecular formula is C17H38BLiO9. The van der Waals surface area contributed by atoms with Gasteiger partial charge in [0.25, 0.3) is 0 Å². The third kappa shape index (κ3) is 44.4. The van der Waals surface area contributed by atoms with Crippen LogP contribution in [0.3, 0.4) is 0 Å². The molecule has 28 heavy (non-hydrogen) atoms. The molecule has 0 radical (unpaired) electrons. The van der Waals surface area contributed by atoms with Crippen LogP contribution >= 0.6 is 0 Å². The number of hydrogen-bond donors (Lipinski definition) is 3. The Labute approximate surface area is 195 Å². The molecule has 1 rings (SSSR count). The van der Waals surface area contributed by atoms with E-state index >= 15 is 0 Å². The van der Waals surface area contributed by atoms with Crippen molar-refractivity contribution < 1.29 is 71.0 Å². The Kier molecular flexibility index (Phi) is 21.3. The first-order valence-electron chi connectivity index (χ1n) is 13.1. The Morgan fingerprint density at radius 1 is 1.32 bits per heavy atom. The summed E-state index contributed by atoms with van der Waals surface area (Å²) in [6, 6.07) is 0. The number of rotatable bonds is 8. The number of carbonyl (C=O) groups is 3. The van der Waals surface area contributed by atoms with Crippen molar-refractivity contribution in [2.75, 3.05) is 40.1 Å². The van der Waals surface area contributed by atoms with Crippen LogP contribution < -0.4 is 18.9 Å². The smallest absolute Gasteiger partial charge is 0.481 e. The van der Waals surface area contributed by atoms with Gasteiger partial charge < -0.3 is 29.5 Å². The normalized spacial score (nSPS) is 19.0. The van der Waals surface area contributed by atoms with Crippen molar-refractivity contribution in [2.45, 2.75) is 52.3 Å². The van der Waals surface area contributed by atoms with E-state index in [1.165, 1.54) is 7.11 Å². The zero-order valence-electron chi connectivity index (χ0n) is 27.0. The Morgan fingerprint density at radius 3 is 2.07 bits per heavy atom. The van der Waals surface area contributed by atoms with Crippen LogP contribution in [0.5, 0.6) is 0 Å². The fourth-order valence-corrected chi connectivity index (χ4v) is 0.963. The molecule has 0 unspecified atom stereocenters. The molecule has 0 bridgehead atoms. The summed E-state index contributed by atoms with van der Waals surface area (Å²) in [7, 11) is -1.77. The number of aliphatic carboxylic acids is 1. The van der Waals surface area contributed by atoms with Crippen molar-refractivity contribution in [1.82, 2.24) is 0 Å². The number of carboxylic acids is 1. The molecule has 1 fully saturated rings.